The molecule has 0 saturated carbocycles. The molecule has 2 unspecified atom stereocenters. The van der Waals surface area contributed by atoms with Crippen molar-refractivity contribution in [2.75, 3.05) is 6.54 Å². The maximum absolute atomic E-state index is 3.57. The highest BCUT2D eigenvalue weighted by Crippen LogP contribution is 2.09. The van der Waals surface area contributed by atoms with Crippen molar-refractivity contribution >= 4 is 0 Å². The van der Waals surface area contributed by atoms with Crippen LogP contribution in [0.2, 0.25) is 0 Å². The van der Waals surface area contributed by atoms with Crippen LogP contribution in [0, 0.1) is 5.92 Å². The smallest absolute Gasteiger partial charge is 0.00643 e. The highest BCUT2D eigenvalue weighted by molar-refractivity contribution is 4.67. The van der Waals surface area contributed by atoms with Crippen molar-refractivity contribution in [1.29, 1.82) is 0 Å². The first kappa shape index (κ1) is 12.0. The molecule has 0 aromatic heterocycles. The Morgan fingerprint density at radius 2 is 1.75 bits per heavy atom. The standard InChI is InChI=1S/C11H25N/c1-5-7-9-12-11(4)10(3)8-6-2/h10-12H,5-9H2,1-4H3. The molecule has 1 nitrogen and oxygen atoms in total. The van der Waals surface area contributed by atoms with E-state index in [1.54, 1.807) is 0 Å². The van der Waals surface area contributed by atoms with Gasteiger partial charge in [-0.2, -0.15) is 0 Å². The van der Waals surface area contributed by atoms with Crippen LogP contribution in [0.15, 0.2) is 0 Å². The third-order valence-electron chi connectivity index (χ3n) is 2.59. The highest BCUT2D eigenvalue weighted by atomic mass is 14.9. The molecular formula is C11H25N. The van der Waals surface area contributed by atoms with Gasteiger partial charge in [0.05, 0.1) is 0 Å². The molecule has 0 aromatic carbocycles. The molecule has 0 aliphatic carbocycles. The van der Waals surface area contributed by atoms with E-state index in [4.69, 9.17) is 0 Å². The maximum Gasteiger partial charge on any atom is 0.00643 e. The lowest BCUT2D eigenvalue weighted by Crippen LogP contribution is -2.32. The molecule has 2 atom stereocenters. The lowest BCUT2D eigenvalue weighted by Gasteiger charge is -2.20. The molecule has 0 saturated heterocycles. The van der Waals surface area contributed by atoms with E-state index in [-0.39, 0.29) is 0 Å². The van der Waals surface area contributed by atoms with Gasteiger partial charge in [0.1, 0.15) is 0 Å². The summed E-state index contributed by atoms with van der Waals surface area (Å²) in [6.45, 7) is 10.3. The molecule has 0 radical (unpaired) electrons. The summed E-state index contributed by atoms with van der Waals surface area (Å²) in [6.07, 6.45) is 5.26. The van der Waals surface area contributed by atoms with Crippen molar-refractivity contribution in [1.82, 2.24) is 5.32 Å². The van der Waals surface area contributed by atoms with Crippen molar-refractivity contribution in [3.05, 3.63) is 0 Å². The molecular weight excluding hydrogens is 146 g/mol. The van der Waals surface area contributed by atoms with Gasteiger partial charge in [-0.15, -0.1) is 0 Å². The van der Waals surface area contributed by atoms with Gasteiger partial charge in [0, 0.05) is 6.04 Å². The minimum absolute atomic E-state index is 0.691. The Bertz CT molecular complexity index is 91.0. The predicted octanol–water partition coefficient (Wildman–Crippen LogP) is 3.20. The first-order chi connectivity index (χ1) is 5.72. The van der Waals surface area contributed by atoms with E-state index in [1.165, 1.54) is 32.2 Å². The molecule has 0 rings (SSSR count). The van der Waals surface area contributed by atoms with Crippen molar-refractivity contribution < 1.29 is 0 Å². The first-order valence-electron chi connectivity index (χ1n) is 5.45. The van der Waals surface area contributed by atoms with E-state index in [0.717, 1.165) is 5.92 Å². The Morgan fingerprint density at radius 3 is 2.25 bits per heavy atom. The van der Waals surface area contributed by atoms with Gasteiger partial charge in [0.25, 0.3) is 0 Å². The molecule has 0 heterocycles. The Kier molecular flexibility index (Phi) is 7.58. The summed E-state index contributed by atoms with van der Waals surface area (Å²) >= 11 is 0. The van der Waals surface area contributed by atoms with E-state index in [1.807, 2.05) is 0 Å². The van der Waals surface area contributed by atoms with Gasteiger partial charge in [-0.3, -0.25) is 0 Å². The zero-order chi connectivity index (χ0) is 9.40. The summed E-state index contributed by atoms with van der Waals surface area (Å²) in [5.74, 6) is 0.826. The molecule has 74 valence electrons. The normalized spacial score (nSPS) is 16.0. The van der Waals surface area contributed by atoms with E-state index >= 15 is 0 Å². The molecule has 0 amide bonds. The molecule has 1 heteroatoms. The molecule has 0 aliphatic rings. The SMILES string of the molecule is CCCCNC(C)C(C)CCC. The Labute approximate surface area is 77.9 Å². The third kappa shape index (κ3) is 5.59. The topological polar surface area (TPSA) is 12.0 Å². The summed E-state index contributed by atoms with van der Waals surface area (Å²) in [7, 11) is 0. The third-order valence-corrected chi connectivity index (χ3v) is 2.59. The van der Waals surface area contributed by atoms with Crippen LogP contribution in [0.4, 0.5) is 0 Å². The number of hydrogen-bond acceptors (Lipinski definition) is 1. The van der Waals surface area contributed by atoms with Gasteiger partial charge in [-0.1, -0.05) is 33.6 Å². The van der Waals surface area contributed by atoms with Gasteiger partial charge in [-0.05, 0) is 32.2 Å². The fraction of sp³-hybridized carbons (Fsp3) is 1.00. The predicted molar refractivity (Wildman–Crippen MR) is 56.4 cm³/mol. The Hall–Kier alpha value is -0.0400. The average molecular weight is 171 g/mol. The highest BCUT2D eigenvalue weighted by Gasteiger charge is 2.09. The summed E-state index contributed by atoms with van der Waals surface area (Å²) in [6, 6.07) is 0.691. The van der Waals surface area contributed by atoms with Gasteiger partial charge >= 0.3 is 0 Å². The van der Waals surface area contributed by atoms with Crippen LogP contribution in [0.1, 0.15) is 53.4 Å². The van der Waals surface area contributed by atoms with Gasteiger partial charge in [0.2, 0.25) is 0 Å². The average Bonchev–Trinajstić information content (AvgIpc) is 2.05. The second-order valence-electron chi connectivity index (χ2n) is 3.86. The second-order valence-corrected chi connectivity index (χ2v) is 3.86. The van der Waals surface area contributed by atoms with Crippen LogP contribution >= 0.6 is 0 Å². The first-order valence-corrected chi connectivity index (χ1v) is 5.45. The van der Waals surface area contributed by atoms with E-state index in [0.29, 0.717) is 6.04 Å². The second kappa shape index (κ2) is 7.60. The van der Waals surface area contributed by atoms with Crippen LogP contribution in [0.3, 0.4) is 0 Å². The molecule has 0 fully saturated rings. The number of nitrogens with one attached hydrogen (secondary N) is 1. The monoisotopic (exact) mass is 171 g/mol. The quantitative estimate of drug-likeness (QED) is 0.580. The van der Waals surface area contributed by atoms with Crippen LogP contribution in [-0.4, -0.2) is 12.6 Å². The van der Waals surface area contributed by atoms with Crippen LogP contribution < -0.4 is 5.32 Å². The van der Waals surface area contributed by atoms with Crippen LogP contribution in [-0.2, 0) is 0 Å². The molecule has 0 aliphatic heterocycles. The molecule has 0 aromatic rings. The molecule has 0 spiro atoms. The summed E-state index contributed by atoms with van der Waals surface area (Å²) in [4.78, 5) is 0. The van der Waals surface area contributed by atoms with Gasteiger partial charge in [0.15, 0.2) is 0 Å². The molecule has 0 bridgehead atoms. The van der Waals surface area contributed by atoms with Crippen molar-refractivity contribution in [2.24, 2.45) is 5.92 Å². The van der Waals surface area contributed by atoms with E-state index < -0.39 is 0 Å². The molecule has 1 N–H and O–H groups in total. The van der Waals surface area contributed by atoms with Crippen LogP contribution in [0.5, 0.6) is 0 Å². The van der Waals surface area contributed by atoms with Crippen LogP contribution in [0.25, 0.3) is 0 Å². The summed E-state index contributed by atoms with van der Waals surface area (Å²) in [5, 5.41) is 3.57. The summed E-state index contributed by atoms with van der Waals surface area (Å²) in [5.41, 5.74) is 0. The summed E-state index contributed by atoms with van der Waals surface area (Å²) < 4.78 is 0. The van der Waals surface area contributed by atoms with E-state index in [9.17, 15) is 0 Å². The zero-order valence-corrected chi connectivity index (χ0v) is 9.19. The minimum Gasteiger partial charge on any atom is -0.314 e. The number of hydrogen-bond donors (Lipinski definition) is 1. The van der Waals surface area contributed by atoms with Crippen molar-refractivity contribution in [2.45, 2.75) is 59.4 Å². The Balaban J connectivity index is 3.35. The number of rotatable bonds is 7. The van der Waals surface area contributed by atoms with Gasteiger partial charge in [-0.25, -0.2) is 0 Å². The Morgan fingerprint density at radius 1 is 1.08 bits per heavy atom. The van der Waals surface area contributed by atoms with E-state index in [2.05, 4.69) is 33.0 Å². The van der Waals surface area contributed by atoms with Gasteiger partial charge < -0.3 is 5.32 Å². The lowest BCUT2D eigenvalue weighted by atomic mass is 9.98. The van der Waals surface area contributed by atoms with Crippen molar-refractivity contribution in [3.63, 3.8) is 0 Å². The maximum atomic E-state index is 3.57. The zero-order valence-electron chi connectivity index (χ0n) is 9.19. The fourth-order valence-electron chi connectivity index (χ4n) is 1.41. The lowest BCUT2D eigenvalue weighted by molar-refractivity contribution is 0.374. The number of unbranched alkanes of at least 4 members (excludes halogenated alkanes) is 1. The molecule has 12 heavy (non-hydrogen) atoms. The largest absolute Gasteiger partial charge is 0.314 e. The minimum atomic E-state index is 0.691. The fourth-order valence-corrected chi connectivity index (χ4v) is 1.41. The van der Waals surface area contributed by atoms with Crippen molar-refractivity contribution in [3.8, 4) is 0 Å².